The van der Waals surface area contributed by atoms with Gasteiger partial charge in [-0.2, -0.15) is 9.66 Å². The van der Waals surface area contributed by atoms with Crippen molar-refractivity contribution in [3.8, 4) is 6.07 Å². The predicted molar refractivity (Wildman–Crippen MR) is 89.6 cm³/mol. The second kappa shape index (κ2) is 7.30. The van der Waals surface area contributed by atoms with Crippen molar-refractivity contribution in [1.82, 2.24) is 0 Å². The Morgan fingerprint density at radius 3 is 2.71 bits per heavy atom. The molecule has 0 heterocycles. The smallest absolute Gasteiger partial charge is 0.139 e. The van der Waals surface area contributed by atoms with Gasteiger partial charge in [0, 0.05) is 21.4 Å². The Morgan fingerprint density at radius 2 is 2.05 bits per heavy atom. The van der Waals surface area contributed by atoms with Gasteiger partial charge in [0.05, 0.1) is 17.3 Å². The fraction of sp³-hybridized carbons (Fsp3) is 0.125. The zero-order valence-corrected chi connectivity index (χ0v) is 13.8. The lowest BCUT2D eigenvalue weighted by Crippen LogP contribution is -2.08. The molecule has 2 aromatic carbocycles. The van der Waals surface area contributed by atoms with Crippen LogP contribution in [0.25, 0.3) is 0 Å². The van der Waals surface area contributed by atoms with Gasteiger partial charge in [0.25, 0.3) is 0 Å². The van der Waals surface area contributed by atoms with Crippen LogP contribution in [0, 0.1) is 11.3 Å². The summed E-state index contributed by atoms with van der Waals surface area (Å²) in [7, 11) is -1.31. The number of hydrogen-bond donors (Lipinski definition) is 0. The van der Waals surface area contributed by atoms with Crippen molar-refractivity contribution < 1.29 is 4.21 Å². The number of nitriles is 1. The molecule has 1 atom stereocenters. The van der Waals surface area contributed by atoms with E-state index in [-0.39, 0.29) is 0 Å². The number of benzene rings is 2. The van der Waals surface area contributed by atoms with Crippen LogP contribution in [0.3, 0.4) is 0 Å². The van der Waals surface area contributed by atoms with Gasteiger partial charge in [-0.15, -0.1) is 0 Å². The lowest BCUT2D eigenvalue weighted by atomic mass is 9.98. The SMILES string of the molecule is CCS(=O)N=C(c1cccc(Br)c1)c1ccccc1C#N. The number of nitrogens with zero attached hydrogens (tertiary/aromatic N) is 2. The average Bonchev–Trinajstić information content (AvgIpc) is 2.52. The zero-order chi connectivity index (χ0) is 15.2. The quantitative estimate of drug-likeness (QED) is 0.777. The highest BCUT2D eigenvalue weighted by molar-refractivity contribution is 9.10. The minimum atomic E-state index is -1.31. The third kappa shape index (κ3) is 3.87. The Bertz CT molecular complexity index is 750. The lowest BCUT2D eigenvalue weighted by Gasteiger charge is -2.09. The van der Waals surface area contributed by atoms with E-state index in [4.69, 9.17) is 0 Å². The van der Waals surface area contributed by atoms with Crippen molar-refractivity contribution in [1.29, 1.82) is 5.26 Å². The van der Waals surface area contributed by atoms with E-state index >= 15 is 0 Å². The van der Waals surface area contributed by atoms with Crippen molar-refractivity contribution in [3.05, 3.63) is 69.7 Å². The molecule has 0 saturated heterocycles. The van der Waals surface area contributed by atoms with Gasteiger partial charge in [-0.1, -0.05) is 53.2 Å². The van der Waals surface area contributed by atoms with E-state index in [2.05, 4.69) is 26.4 Å². The summed E-state index contributed by atoms with van der Waals surface area (Å²) in [6, 6.07) is 17.0. The molecular weight excluding hydrogens is 348 g/mol. The van der Waals surface area contributed by atoms with Crippen LogP contribution in [0.4, 0.5) is 0 Å². The number of hydrogen-bond acceptors (Lipinski definition) is 2. The molecule has 0 N–H and O–H groups in total. The van der Waals surface area contributed by atoms with E-state index in [1.807, 2.05) is 43.3 Å². The molecule has 2 rings (SSSR count). The van der Waals surface area contributed by atoms with Crippen LogP contribution in [-0.2, 0) is 11.0 Å². The summed E-state index contributed by atoms with van der Waals surface area (Å²) in [6.07, 6.45) is 0. The minimum absolute atomic E-state index is 0.437. The Morgan fingerprint density at radius 1 is 1.29 bits per heavy atom. The van der Waals surface area contributed by atoms with Crippen molar-refractivity contribution >= 4 is 32.6 Å². The van der Waals surface area contributed by atoms with Crippen LogP contribution < -0.4 is 0 Å². The van der Waals surface area contributed by atoms with E-state index in [0.29, 0.717) is 22.6 Å². The van der Waals surface area contributed by atoms with Crippen molar-refractivity contribution in [3.63, 3.8) is 0 Å². The molecule has 0 saturated carbocycles. The molecule has 0 aromatic heterocycles. The van der Waals surface area contributed by atoms with E-state index in [0.717, 1.165) is 10.0 Å². The molecule has 0 aliphatic carbocycles. The van der Waals surface area contributed by atoms with Crippen LogP contribution in [0.1, 0.15) is 23.6 Å². The molecule has 3 nitrogen and oxygen atoms in total. The summed E-state index contributed by atoms with van der Waals surface area (Å²) in [5, 5.41) is 9.27. The van der Waals surface area contributed by atoms with Crippen molar-refractivity contribution in [2.45, 2.75) is 6.92 Å². The normalized spacial score (nSPS) is 12.7. The van der Waals surface area contributed by atoms with Gasteiger partial charge in [0.2, 0.25) is 0 Å². The van der Waals surface area contributed by atoms with Crippen molar-refractivity contribution in [2.75, 3.05) is 5.75 Å². The van der Waals surface area contributed by atoms with Gasteiger partial charge in [-0.25, -0.2) is 4.21 Å². The first-order chi connectivity index (χ1) is 10.2. The first-order valence-electron chi connectivity index (χ1n) is 6.38. The Balaban J connectivity index is 2.65. The third-order valence-electron chi connectivity index (χ3n) is 2.84. The first-order valence-corrected chi connectivity index (χ1v) is 8.45. The van der Waals surface area contributed by atoms with Crippen molar-refractivity contribution in [2.24, 2.45) is 4.40 Å². The van der Waals surface area contributed by atoms with Crippen LogP contribution in [0.2, 0.25) is 0 Å². The monoisotopic (exact) mass is 360 g/mol. The van der Waals surface area contributed by atoms with E-state index < -0.39 is 11.0 Å². The predicted octanol–water partition coefficient (Wildman–Crippen LogP) is 3.84. The van der Waals surface area contributed by atoms with Gasteiger partial charge >= 0.3 is 0 Å². The van der Waals surface area contributed by atoms with Gasteiger partial charge in [-0.3, -0.25) is 0 Å². The maximum atomic E-state index is 11.9. The largest absolute Gasteiger partial charge is 0.235 e. The van der Waals surface area contributed by atoms with Crippen LogP contribution in [-0.4, -0.2) is 15.7 Å². The Labute approximate surface area is 135 Å². The van der Waals surface area contributed by atoms with Gasteiger partial charge in [0.1, 0.15) is 11.0 Å². The molecule has 0 spiro atoms. The topological polar surface area (TPSA) is 53.2 Å². The molecule has 2 aromatic rings. The van der Waals surface area contributed by atoms with Crippen LogP contribution in [0.5, 0.6) is 0 Å². The van der Waals surface area contributed by atoms with Gasteiger partial charge in [0.15, 0.2) is 0 Å². The molecule has 106 valence electrons. The van der Waals surface area contributed by atoms with Crippen LogP contribution >= 0.6 is 15.9 Å². The Hall–Kier alpha value is -1.77. The highest BCUT2D eigenvalue weighted by atomic mass is 79.9. The number of rotatable bonds is 4. The molecular formula is C16H13BrN2OS. The zero-order valence-electron chi connectivity index (χ0n) is 11.4. The molecule has 0 aliphatic heterocycles. The summed E-state index contributed by atoms with van der Waals surface area (Å²) >= 11 is 3.43. The summed E-state index contributed by atoms with van der Waals surface area (Å²) in [6.45, 7) is 1.81. The van der Waals surface area contributed by atoms with Gasteiger partial charge in [-0.05, 0) is 18.2 Å². The molecule has 0 amide bonds. The molecule has 0 fully saturated rings. The molecule has 0 radical (unpaired) electrons. The summed E-state index contributed by atoms with van der Waals surface area (Å²) < 4.78 is 17.1. The second-order valence-electron chi connectivity index (χ2n) is 4.22. The number of halogens is 1. The summed E-state index contributed by atoms with van der Waals surface area (Å²) in [5.74, 6) is 0.437. The second-order valence-corrected chi connectivity index (χ2v) is 6.54. The Kier molecular flexibility index (Phi) is 5.43. The molecule has 0 bridgehead atoms. The van der Waals surface area contributed by atoms with E-state index in [1.165, 1.54) is 0 Å². The maximum Gasteiger partial charge on any atom is 0.139 e. The van der Waals surface area contributed by atoms with Crippen LogP contribution in [0.15, 0.2) is 57.4 Å². The fourth-order valence-electron chi connectivity index (χ4n) is 1.85. The van der Waals surface area contributed by atoms with E-state index in [9.17, 15) is 9.47 Å². The fourth-order valence-corrected chi connectivity index (χ4v) is 2.78. The minimum Gasteiger partial charge on any atom is -0.235 e. The molecule has 21 heavy (non-hydrogen) atoms. The third-order valence-corrected chi connectivity index (χ3v) is 4.21. The summed E-state index contributed by atoms with van der Waals surface area (Å²) in [5.41, 5.74) is 2.62. The molecule has 1 unspecified atom stereocenters. The first kappa shape index (κ1) is 15.6. The summed E-state index contributed by atoms with van der Waals surface area (Å²) in [4.78, 5) is 0. The highest BCUT2D eigenvalue weighted by Crippen LogP contribution is 2.19. The average molecular weight is 361 g/mol. The van der Waals surface area contributed by atoms with E-state index in [1.54, 1.807) is 12.1 Å². The molecule has 0 aliphatic rings. The lowest BCUT2D eigenvalue weighted by molar-refractivity contribution is 0.685. The maximum absolute atomic E-state index is 11.9. The standard InChI is InChI=1S/C16H13BrN2OS/c1-2-21(20)19-16(12-7-5-8-14(17)10-12)15-9-4-3-6-13(15)11-18/h3-10H,2H2,1H3. The van der Waals surface area contributed by atoms with Gasteiger partial charge < -0.3 is 0 Å². The molecule has 5 heteroatoms. The highest BCUT2D eigenvalue weighted by Gasteiger charge is 2.13.